The lowest BCUT2D eigenvalue weighted by molar-refractivity contribution is 0.0602. The molecule has 7 heteroatoms. The number of H-pyrrole nitrogens is 1. The van der Waals surface area contributed by atoms with Crippen LogP contribution in [0.25, 0.3) is 10.8 Å². The molecule has 0 unspecified atom stereocenters. The number of anilines is 1. The number of ether oxygens (including phenoxy) is 1. The van der Waals surface area contributed by atoms with Gasteiger partial charge in [-0.25, -0.2) is 9.89 Å². The number of carbonyl (C=O) groups excluding carboxylic acids is 2. The Hall–Kier alpha value is -3.48. The largest absolute Gasteiger partial charge is 0.465 e. The van der Waals surface area contributed by atoms with Crippen molar-refractivity contribution in [3.05, 3.63) is 70.1 Å². The summed E-state index contributed by atoms with van der Waals surface area (Å²) in [5, 5.41) is 9.55. The molecule has 0 aliphatic rings. The number of methoxy groups -OCH3 is 1. The molecule has 0 spiro atoms. The molecule has 0 aliphatic heterocycles. The zero-order valence-electron chi connectivity index (χ0n) is 12.7. The second-order valence-corrected chi connectivity index (χ2v) is 4.94. The van der Waals surface area contributed by atoms with Crippen molar-refractivity contribution in [2.24, 2.45) is 0 Å². The van der Waals surface area contributed by atoms with E-state index in [1.54, 1.807) is 48.5 Å². The van der Waals surface area contributed by atoms with E-state index in [4.69, 9.17) is 4.74 Å². The Balaban J connectivity index is 2.02. The number of hydrogen-bond donors (Lipinski definition) is 2. The van der Waals surface area contributed by atoms with Crippen molar-refractivity contribution in [1.29, 1.82) is 0 Å². The number of nitrogens with one attached hydrogen (secondary N) is 2. The summed E-state index contributed by atoms with van der Waals surface area (Å²) >= 11 is 0. The maximum atomic E-state index is 12.6. The SMILES string of the molecule is COC(=O)c1ccccc1NC(=O)c1n[nH]c(=O)c2ccccc12. The van der Waals surface area contributed by atoms with Crippen LogP contribution >= 0.6 is 0 Å². The molecule has 3 aromatic rings. The van der Waals surface area contributed by atoms with Crippen LogP contribution in [0, 0.1) is 0 Å². The second-order valence-electron chi connectivity index (χ2n) is 4.94. The summed E-state index contributed by atoms with van der Waals surface area (Å²) in [5.41, 5.74) is 0.204. The van der Waals surface area contributed by atoms with Gasteiger partial charge in [0.2, 0.25) is 0 Å². The summed E-state index contributed by atoms with van der Waals surface area (Å²) in [6, 6.07) is 13.1. The summed E-state index contributed by atoms with van der Waals surface area (Å²) in [5.74, 6) is -1.11. The second kappa shape index (κ2) is 6.33. The highest BCUT2D eigenvalue weighted by atomic mass is 16.5. The first-order valence-electron chi connectivity index (χ1n) is 7.08. The maximum Gasteiger partial charge on any atom is 0.339 e. The molecule has 2 aromatic carbocycles. The van der Waals surface area contributed by atoms with Gasteiger partial charge in [-0.15, -0.1) is 0 Å². The maximum absolute atomic E-state index is 12.6. The number of hydrogen-bond acceptors (Lipinski definition) is 5. The van der Waals surface area contributed by atoms with E-state index in [2.05, 4.69) is 15.5 Å². The molecule has 0 fully saturated rings. The standard InChI is InChI=1S/C17H13N3O4/c1-24-17(23)12-8-4-5-9-13(12)18-16(22)14-10-6-2-3-7-11(10)15(21)20-19-14/h2-9H,1H3,(H,18,22)(H,20,21). The Kier molecular flexibility index (Phi) is 4.07. The molecule has 1 heterocycles. The molecule has 0 saturated carbocycles. The third-order valence-electron chi connectivity index (χ3n) is 3.49. The molecule has 0 bridgehead atoms. The molecule has 0 atom stereocenters. The van der Waals surface area contributed by atoms with Gasteiger partial charge in [0.1, 0.15) is 0 Å². The van der Waals surface area contributed by atoms with Crippen LogP contribution in [-0.2, 0) is 4.74 Å². The summed E-state index contributed by atoms with van der Waals surface area (Å²) in [4.78, 5) is 36.1. The van der Waals surface area contributed by atoms with Gasteiger partial charge >= 0.3 is 5.97 Å². The smallest absolute Gasteiger partial charge is 0.339 e. The highest BCUT2D eigenvalue weighted by Gasteiger charge is 2.17. The lowest BCUT2D eigenvalue weighted by atomic mass is 10.1. The number of aromatic amines is 1. The average molecular weight is 323 g/mol. The number of amides is 1. The lowest BCUT2D eigenvalue weighted by Gasteiger charge is -2.10. The first-order valence-corrected chi connectivity index (χ1v) is 7.08. The number of nitrogens with zero attached hydrogens (tertiary/aromatic N) is 1. The minimum Gasteiger partial charge on any atom is -0.465 e. The van der Waals surface area contributed by atoms with Crippen LogP contribution in [0.3, 0.4) is 0 Å². The molecule has 24 heavy (non-hydrogen) atoms. The van der Waals surface area contributed by atoms with Crippen molar-refractivity contribution in [3.63, 3.8) is 0 Å². The van der Waals surface area contributed by atoms with E-state index in [1.807, 2.05) is 0 Å². The molecule has 3 rings (SSSR count). The van der Waals surface area contributed by atoms with E-state index in [0.29, 0.717) is 16.5 Å². The molecule has 120 valence electrons. The molecule has 2 N–H and O–H groups in total. The molecule has 1 amide bonds. The number of para-hydroxylation sites is 1. The van der Waals surface area contributed by atoms with Crippen molar-refractivity contribution >= 4 is 28.3 Å². The Morgan fingerprint density at radius 1 is 1.04 bits per heavy atom. The van der Waals surface area contributed by atoms with E-state index < -0.39 is 11.9 Å². The quantitative estimate of drug-likeness (QED) is 0.718. The van der Waals surface area contributed by atoms with Crippen LogP contribution in [0.2, 0.25) is 0 Å². The zero-order chi connectivity index (χ0) is 17.1. The summed E-state index contributed by atoms with van der Waals surface area (Å²) in [6.07, 6.45) is 0. The number of benzene rings is 2. The fraction of sp³-hybridized carbons (Fsp3) is 0.0588. The Morgan fingerprint density at radius 3 is 2.46 bits per heavy atom. The van der Waals surface area contributed by atoms with Gasteiger partial charge in [0.25, 0.3) is 11.5 Å². The number of aromatic nitrogens is 2. The first kappa shape index (κ1) is 15.4. The average Bonchev–Trinajstić information content (AvgIpc) is 2.62. The van der Waals surface area contributed by atoms with E-state index in [1.165, 1.54) is 7.11 Å². The van der Waals surface area contributed by atoms with Crippen molar-refractivity contribution < 1.29 is 14.3 Å². The highest BCUT2D eigenvalue weighted by Crippen LogP contribution is 2.19. The van der Waals surface area contributed by atoms with Gasteiger partial charge in [-0.3, -0.25) is 9.59 Å². The van der Waals surface area contributed by atoms with Crippen LogP contribution in [-0.4, -0.2) is 29.2 Å². The van der Waals surface area contributed by atoms with Gasteiger partial charge < -0.3 is 10.1 Å². The third kappa shape index (κ3) is 2.74. The predicted molar refractivity (Wildman–Crippen MR) is 88.1 cm³/mol. The Labute approximate surface area is 136 Å². The summed E-state index contributed by atoms with van der Waals surface area (Å²) in [7, 11) is 1.26. The number of esters is 1. The summed E-state index contributed by atoms with van der Waals surface area (Å²) < 4.78 is 4.70. The minimum atomic E-state index is -0.565. The van der Waals surface area contributed by atoms with Crippen LogP contribution in [0.15, 0.2) is 53.3 Å². The molecule has 1 aromatic heterocycles. The minimum absolute atomic E-state index is 0.0601. The van der Waals surface area contributed by atoms with Gasteiger partial charge in [0.05, 0.1) is 23.7 Å². The lowest BCUT2D eigenvalue weighted by Crippen LogP contribution is -2.20. The van der Waals surface area contributed by atoms with Crippen LogP contribution in [0.1, 0.15) is 20.8 Å². The van der Waals surface area contributed by atoms with Gasteiger partial charge in [0, 0.05) is 5.39 Å². The number of rotatable bonds is 3. The molecule has 0 radical (unpaired) electrons. The van der Waals surface area contributed by atoms with Crippen LogP contribution < -0.4 is 10.9 Å². The third-order valence-corrected chi connectivity index (χ3v) is 3.49. The monoisotopic (exact) mass is 323 g/mol. The van der Waals surface area contributed by atoms with Gasteiger partial charge in [-0.05, 0) is 18.2 Å². The first-order chi connectivity index (χ1) is 11.6. The highest BCUT2D eigenvalue weighted by molar-refractivity contribution is 6.12. The van der Waals surface area contributed by atoms with Gasteiger partial charge in [0.15, 0.2) is 5.69 Å². The van der Waals surface area contributed by atoms with E-state index in [-0.39, 0.29) is 16.8 Å². The molecule has 7 nitrogen and oxygen atoms in total. The van der Waals surface area contributed by atoms with Crippen molar-refractivity contribution in [1.82, 2.24) is 10.2 Å². The predicted octanol–water partition coefficient (Wildman–Crippen LogP) is 1.96. The number of fused-ring (bicyclic) bond motifs is 1. The molecular weight excluding hydrogens is 310 g/mol. The number of carbonyl (C=O) groups is 2. The molecule has 0 aliphatic carbocycles. The Morgan fingerprint density at radius 2 is 1.71 bits per heavy atom. The van der Waals surface area contributed by atoms with Crippen LogP contribution in [0.4, 0.5) is 5.69 Å². The van der Waals surface area contributed by atoms with E-state index in [0.717, 1.165) is 0 Å². The van der Waals surface area contributed by atoms with Crippen molar-refractivity contribution in [2.45, 2.75) is 0 Å². The topological polar surface area (TPSA) is 101 Å². The van der Waals surface area contributed by atoms with E-state index in [9.17, 15) is 14.4 Å². The fourth-order valence-electron chi connectivity index (χ4n) is 2.35. The van der Waals surface area contributed by atoms with Gasteiger partial charge in [-0.2, -0.15) is 5.10 Å². The zero-order valence-corrected chi connectivity index (χ0v) is 12.7. The van der Waals surface area contributed by atoms with Crippen molar-refractivity contribution in [3.8, 4) is 0 Å². The fourth-order valence-corrected chi connectivity index (χ4v) is 2.35. The van der Waals surface area contributed by atoms with Gasteiger partial charge in [-0.1, -0.05) is 30.3 Å². The normalized spacial score (nSPS) is 10.4. The molecule has 0 saturated heterocycles. The van der Waals surface area contributed by atoms with E-state index >= 15 is 0 Å². The Bertz CT molecular complexity index is 994. The summed E-state index contributed by atoms with van der Waals surface area (Å²) in [6.45, 7) is 0. The van der Waals surface area contributed by atoms with Crippen LogP contribution in [0.5, 0.6) is 0 Å². The molecular formula is C17H13N3O4. The van der Waals surface area contributed by atoms with Crippen molar-refractivity contribution in [2.75, 3.05) is 12.4 Å².